The number of hydrogen-bond acceptors (Lipinski definition) is 5. The van der Waals surface area contributed by atoms with Gasteiger partial charge in [0.15, 0.2) is 11.4 Å². The number of hydrogen-bond donors (Lipinski definition) is 3. The first-order valence-corrected chi connectivity index (χ1v) is 10.1. The molecule has 1 atom stereocenters. The molecule has 9 heteroatoms. The summed E-state index contributed by atoms with van der Waals surface area (Å²) >= 11 is 0. The first kappa shape index (κ1) is 20.5. The van der Waals surface area contributed by atoms with E-state index in [-0.39, 0.29) is 12.4 Å². The van der Waals surface area contributed by atoms with Gasteiger partial charge in [0.1, 0.15) is 5.82 Å². The van der Waals surface area contributed by atoms with Crippen LogP contribution in [0.3, 0.4) is 0 Å². The molecule has 0 saturated carbocycles. The molecule has 2 aromatic carbocycles. The maximum atomic E-state index is 13.7. The van der Waals surface area contributed by atoms with Crippen LogP contribution in [0.1, 0.15) is 5.56 Å². The van der Waals surface area contributed by atoms with E-state index in [1.807, 2.05) is 18.2 Å². The number of rotatable bonds is 5. The molecule has 5 rings (SSSR count). The van der Waals surface area contributed by atoms with Crippen molar-refractivity contribution in [1.29, 1.82) is 0 Å². The van der Waals surface area contributed by atoms with Crippen LogP contribution in [0.25, 0.3) is 21.9 Å². The van der Waals surface area contributed by atoms with E-state index in [1.165, 1.54) is 23.8 Å². The van der Waals surface area contributed by atoms with Gasteiger partial charge in [-0.2, -0.15) is 0 Å². The second-order valence-corrected chi connectivity index (χ2v) is 7.79. The number of carbonyl (C=O) groups is 2. The van der Waals surface area contributed by atoms with Crippen molar-refractivity contribution >= 4 is 22.7 Å². The summed E-state index contributed by atoms with van der Waals surface area (Å²) in [6.45, 7) is -0.0882. The fraction of sp³-hybridized carbons (Fsp3) is 0.125. The topological polar surface area (TPSA) is 105 Å². The van der Waals surface area contributed by atoms with Gasteiger partial charge >= 0.3 is 6.03 Å². The number of nitrogens with one attached hydrogen (secondary N) is 2. The number of aromatic hydroxyl groups is 1. The lowest BCUT2D eigenvalue weighted by Gasteiger charge is -2.27. The Labute approximate surface area is 187 Å². The van der Waals surface area contributed by atoms with Crippen LogP contribution in [0, 0.1) is 5.82 Å². The molecule has 0 aliphatic carbocycles. The second kappa shape index (κ2) is 7.63. The average Bonchev–Trinajstić information content (AvgIpc) is 3.29. The lowest BCUT2D eigenvalue weighted by atomic mass is 9.88. The zero-order chi connectivity index (χ0) is 23.2. The van der Waals surface area contributed by atoms with E-state index in [0.29, 0.717) is 22.2 Å². The van der Waals surface area contributed by atoms with Gasteiger partial charge in [0.05, 0.1) is 13.7 Å². The number of halogens is 1. The van der Waals surface area contributed by atoms with Gasteiger partial charge in [-0.25, -0.2) is 14.2 Å². The summed E-state index contributed by atoms with van der Waals surface area (Å²) in [7, 11) is 1.54. The quantitative estimate of drug-likeness (QED) is 0.408. The minimum atomic E-state index is -1.46. The van der Waals surface area contributed by atoms with Crippen LogP contribution >= 0.6 is 0 Å². The summed E-state index contributed by atoms with van der Waals surface area (Å²) in [5, 5.41) is 16.6. The molecular formula is C24H19FN4O4. The Hall–Kier alpha value is -4.40. The standard InChI is InChI=1S/C24H19FN4O4/c1-33-20-10-15(8-9-26-20)14-2-5-17(6-3-14)24(22(31)27-23(32)28-24)13-29-12-16-4-7-18(25)11-19(16)21(29)30/h2-12,30H,13H2,1H3,(H2,27,28,31,32)/t24-/m0/s1. The van der Waals surface area contributed by atoms with Gasteiger partial charge in [-0.1, -0.05) is 24.3 Å². The molecule has 4 aromatic rings. The summed E-state index contributed by atoms with van der Waals surface area (Å²) in [5.74, 6) is -0.755. The fourth-order valence-electron chi connectivity index (χ4n) is 4.14. The predicted molar refractivity (Wildman–Crippen MR) is 118 cm³/mol. The zero-order valence-corrected chi connectivity index (χ0v) is 17.5. The molecule has 0 unspecified atom stereocenters. The Bertz CT molecular complexity index is 1400. The van der Waals surface area contributed by atoms with Crippen molar-refractivity contribution in [2.75, 3.05) is 7.11 Å². The number of methoxy groups -OCH3 is 1. The van der Waals surface area contributed by atoms with Crippen molar-refractivity contribution in [2.24, 2.45) is 0 Å². The number of aromatic nitrogens is 2. The van der Waals surface area contributed by atoms with Crippen LogP contribution in [0.4, 0.5) is 9.18 Å². The first-order chi connectivity index (χ1) is 15.9. The molecule has 3 amide bonds. The van der Waals surface area contributed by atoms with Crippen LogP contribution in [-0.4, -0.2) is 33.7 Å². The van der Waals surface area contributed by atoms with Gasteiger partial charge in [0, 0.05) is 29.2 Å². The fourth-order valence-corrected chi connectivity index (χ4v) is 4.14. The Morgan fingerprint density at radius 1 is 1.09 bits per heavy atom. The molecule has 1 aliphatic rings. The first-order valence-electron chi connectivity index (χ1n) is 10.1. The van der Waals surface area contributed by atoms with Gasteiger partial charge < -0.3 is 19.7 Å². The Kier molecular flexibility index (Phi) is 4.74. The highest BCUT2D eigenvalue weighted by atomic mass is 19.1. The van der Waals surface area contributed by atoms with Crippen LogP contribution in [0.2, 0.25) is 0 Å². The Morgan fingerprint density at radius 2 is 1.88 bits per heavy atom. The second-order valence-electron chi connectivity index (χ2n) is 7.79. The van der Waals surface area contributed by atoms with Crippen LogP contribution < -0.4 is 15.4 Å². The summed E-state index contributed by atoms with van der Waals surface area (Å²) in [5.41, 5.74) is 0.804. The lowest BCUT2D eigenvalue weighted by Crippen LogP contribution is -2.47. The predicted octanol–water partition coefficient (Wildman–Crippen LogP) is 3.29. The molecule has 33 heavy (non-hydrogen) atoms. The molecule has 166 valence electrons. The van der Waals surface area contributed by atoms with Crippen LogP contribution in [0.15, 0.2) is 67.0 Å². The van der Waals surface area contributed by atoms with Crippen molar-refractivity contribution in [3.63, 3.8) is 0 Å². The molecule has 0 bridgehead atoms. The highest BCUT2D eigenvalue weighted by molar-refractivity contribution is 6.07. The Balaban J connectivity index is 1.55. The SMILES string of the molecule is COc1cc(-c2ccc([C@]3(Cn4cc5ccc(F)cc5c4O)NC(=O)NC3=O)cc2)ccn1. The van der Waals surface area contributed by atoms with E-state index in [0.717, 1.165) is 11.1 Å². The molecule has 0 radical (unpaired) electrons. The summed E-state index contributed by atoms with van der Waals surface area (Å²) in [6.07, 6.45) is 3.25. The number of amides is 3. The van der Waals surface area contributed by atoms with Gasteiger partial charge in [-0.3, -0.25) is 10.1 Å². The number of fused-ring (bicyclic) bond motifs is 1. The van der Waals surface area contributed by atoms with Gasteiger partial charge in [0.25, 0.3) is 5.91 Å². The number of urea groups is 1. The van der Waals surface area contributed by atoms with Crippen molar-refractivity contribution in [2.45, 2.75) is 12.1 Å². The van der Waals surface area contributed by atoms with E-state index in [9.17, 15) is 19.1 Å². The highest BCUT2D eigenvalue weighted by Gasteiger charge is 2.48. The van der Waals surface area contributed by atoms with E-state index in [4.69, 9.17) is 4.74 Å². The van der Waals surface area contributed by atoms with Gasteiger partial charge in [0.2, 0.25) is 5.88 Å². The van der Waals surface area contributed by atoms with E-state index < -0.39 is 23.3 Å². The average molecular weight is 446 g/mol. The molecule has 3 heterocycles. The largest absolute Gasteiger partial charge is 0.494 e. The summed E-state index contributed by atoms with van der Waals surface area (Å²) in [4.78, 5) is 29.2. The smallest absolute Gasteiger partial charge is 0.322 e. The summed E-state index contributed by atoms with van der Waals surface area (Å²) < 4.78 is 20.3. The highest BCUT2D eigenvalue weighted by Crippen LogP contribution is 2.34. The molecule has 8 nitrogen and oxygen atoms in total. The third-order valence-corrected chi connectivity index (χ3v) is 5.83. The van der Waals surface area contributed by atoms with E-state index >= 15 is 0 Å². The molecule has 3 N–H and O–H groups in total. The lowest BCUT2D eigenvalue weighted by molar-refractivity contribution is -0.124. The monoisotopic (exact) mass is 446 g/mol. The third-order valence-electron chi connectivity index (χ3n) is 5.83. The van der Waals surface area contributed by atoms with Crippen molar-refractivity contribution in [3.8, 4) is 22.9 Å². The van der Waals surface area contributed by atoms with Crippen LogP contribution in [0.5, 0.6) is 11.8 Å². The maximum absolute atomic E-state index is 13.7. The number of benzene rings is 2. The molecule has 2 aromatic heterocycles. The van der Waals surface area contributed by atoms with E-state index in [1.54, 1.807) is 36.7 Å². The minimum absolute atomic E-state index is 0.0882. The summed E-state index contributed by atoms with van der Waals surface area (Å²) in [6, 6.07) is 14.2. The maximum Gasteiger partial charge on any atom is 0.322 e. The zero-order valence-electron chi connectivity index (χ0n) is 17.5. The Morgan fingerprint density at radius 3 is 2.58 bits per heavy atom. The van der Waals surface area contributed by atoms with Gasteiger partial charge in [-0.05, 0) is 41.0 Å². The number of ether oxygens (including phenoxy) is 1. The number of nitrogens with zero attached hydrogens (tertiary/aromatic N) is 2. The van der Waals surface area contributed by atoms with Crippen molar-refractivity contribution < 1.29 is 23.8 Å². The molecule has 1 aliphatic heterocycles. The normalized spacial score (nSPS) is 17.8. The number of pyridine rings is 1. The molecule has 1 fully saturated rings. The third kappa shape index (κ3) is 3.43. The van der Waals surface area contributed by atoms with Crippen molar-refractivity contribution in [1.82, 2.24) is 20.2 Å². The molecule has 0 spiro atoms. The minimum Gasteiger partial charge on any atom is -0.494 e. The number of carbonyl (C=O) groups excluding carboxylic acids is 2. The van der Waals surface area contributed by atoms with Crippen molar-refractivity contribution in [3.05, 3.63) is 78.4 Å². The van der Waals surface area contributed by atoms with E-state index in [2.05, 4.69) is 15.6 Å². The molecule has 1 saturated heterocycles. The molecular weight excluding hydrogens is 427 g/mol. The number of imide groups is 1. The van der Waals surface area contributed by atoms with Crippen LogP contribution in [-0.2, 0) is 16.9 Å². The van der Waals surface area contributed by atoms with Gasteiger partial charge in [-0.15, -0.1) is 0 Å².